The first kappa shape index (κ1) is 15.8. The van der Waals surface area contributed by atoms with Crippen molar-refractivity contribution in [2.45, 2.75) is 38.4 Å². The van der Waals surface area contributed by atoms with Gasteiger partial charge in [-0.25, -0.2) is 0 Å². The largest absolute Gasteiger partial charge is 0.464 e. The number of carbonyl (C=O) groups excluding carboxylic acids is 3. The van der Waals surface area contributed by atoms with Gasteiger partial charge >= 0.3 is 5.97 Å². The van der Waals surface area contributed by atoms with Gasteiger partial charge in [0.1, 0.15) is 6.61 Å². The van der Waals surface area contributed by atoms with Gasteiger partial charge in [-0.1, -0.05) is 6.92 Å². The van der Waals surface area contributed by atoms with Crippen LogP contribution < -0.4 is 0 Å². The van der Waals surface area contributed by atoms with Crippen LogP contribution >= 0.6 is 23.2 Å². The SMILES string of the molecule is CC(C)(C)C(=O)OC[C@H]1C(=O)C(=O)[C@@H]2[C@H](Cl)[C@@H](Cl)[C@@]21C. The van der Waals surface area contributed by atoms with Crippen LogP contribution in [-0.4, -0.2) is 34.9 Å². The van der Waals surface area contributed by atoms with Crippen LogP contribution in [-0.2, 0) is 19.1 Å². The zero-order valence-electron chi connectivity index (χ0n) is 11.9. The van der Waals surface area contributed by atoms with Crippen molar-refractivity contribution in [3.63, 3.8) is 0 Å². The molecule has 5 atom stereocenters. The zero-order chi connectivity index (χ0) is 15.5. The predicted octanol–water partition coefficient (Wildman–Crippen LogP) is 2.19. The molecule has 2 fully saturated rings. The number of hydrogen-bond acceptors (Lipinski definition) is 4. The van der Waals surface area contributed by atoms with Gasteiger partial charge in [0.05, 0.1) is 28.0 Å². The lowest BCUT2D eigenvalue weighted by Gasteiger charge is -2.51. The van der Waals surface area contributed by atoms with Crippen LogP contribution in [0.2, 0.25) is 0 Å². The molecular weight excluding hydrogens is 303 g/mol. The highest BCUT2D eigenvalue weighted by molar-refractivity contribution is 6.46. The van der Waals surface area contributed by atoms with Gasteiger partial charge in [0.15, 0.2) is 0 Å². The molecule has 0 unspecified atom stereocenters. The predicted molar refractivity (Wildman–Crippen MR) is 74.8 cm³/mol. The second kappa shape index (κ2) is 4.70. The normalized spacial score (nSPS) is 40.3. The van der Waals surface area contributed by atoms with E-state index < -0.39 is 51.0 Å². The molecule has 0 aromatic rings. The summed E-state index contributed by atoms with van der Waals surface area (Å²) in [4.78, 5) is 35.8. The minimum Gasteiger partial charge on any atom is -0.464 e. The average Bonchev–Trinajstić information content (AvgIpc) is 2.52. The molecule has 2 aliphatic carbocycles. The third-order valence-corrected chi connectivity index (χ3v) is 5.82. The van der Waals surface area contributed by atoms with E-state index in [0.29, 0.717) is 0 Å². The third-order valence-electron chi connectivity index (χ3n) is 4.45. The molecule has 2 saturated carbocycles. The van der Waals surface area contributed by atoms with Gasteiger partial charge in [-0.3, -0.25) is 14.4 Å². The van der Waals surface area contributed by atoms with E-state index in [2.05, 4.69) is 0 Å². The minimum atomic E-state index is -0.708. The summed E-state index contributed by atoms with van der Waals surface area (Å²) in [5.74, 6) is -2.66. The van der Waals surface area contributed by atoms with Gasteiger partial charge in [0.25, 0.3) is 0 Å². The lowest BCUT2D eigenvalue weighted by Crippen LogP contribution is -2.60. The summed E-state index contributed by atoms with van der Waals surface area (Å²) in [7, 11) is 0. The average molecular weight is 321 g/mol. The van der Waals surface area contributed by atoms with Gasteiger partial charge in [-0.2, -0.15) is 0 Å². The Labute approximate surface area is 128 Å². The van der Waals surface area contributed by atoms with Gasteiger partial charge in [-0.15, -0.1) is 23.2 Å². The molecule has 2 rings (SSSR count). The summed E-state index contributed by atoms with van der Waals surface area (Å²) < 4.78 is 5.20. The Hall–Kier alpha value is -0.610. The molecule has 2 aliphatic rings. The van der Waals surface area contributed by atoms with Crippen LogP contribution in [0.5, 0.6) is 0 Å². The van der Waals surface area contributed by atoms with E-state index in [9.17, 15) is 14.4 Å². The van der Waals surface area contributed by atoms with E-state index >= 15 is 0 Å². The molecule has 0 aromatic heterocycles. The minimum absolute atomic E-state index is 0.111. The molecule has 0 N–H and O–H groups in total. The maximum Gasteiger partial charge on any atom is 0.311 e. The molecule has 0 aliphatic heterocycles. The van der Waals surface area contributed by atoms with Gasteiger partial charge < -0.3 is 4.74 Å². The highest BCUT2D eigenvalue weighted by Crippen LogP contribution is 2.61. The summed E-state index contributed by atoms with van der Waals surface area (Å²) in [6, 6.07) is 0. The molecule has 6 heteroatoms. The molecule has 0 bridgehead atoms. The lowest BCUT2D eigenvalue weighted by atomic mass is 9.59. The van der Waals surface area contributed by atoms with Crippen molar-refractivity contribution in [1.82, 2.24) is 0 Å². The summed E-state index contributed by atoms with van der Waals surface area (Å²) >= 11 is 12.2. The Bertz CT molecular complexity index is 482. The van der Waals surface area contributed by atoms with Crippen molar-refractivity contribution in [2.75, 3.05) is 6.61 Å². The topological polar surface area (TPSA) is 60.4 Å². The first-order valence-corrected chi connectivity index (χ1v) is 7.43. The van der Waals surface area contributed by atoms with Crippen molar-refractivity contribution >= 4 is 40.7 Å². The number of hydrogen-bond donors (Lipinski definition) is 0. The second-order valence-corrected chi connectivity index (χ2v) is 7.79. The molecule has 0 amide bonds. The van der Waals surface area contributed by atoms with Crippen molar-refractivity contribution in [1.29, 1.82) is 0 Å². The fraction of sp³-hybridized carbons (Fsp3) is 0.786. The number of carbonyl (C=O) groups is 3. The van der Waals surface area contributed by atoms with Crippen LogP contribution in [0.1, 0.15) is 27.7 Å². The van der Waals surface area contributed by atoms with Crippen molar-refractivity contribution in [3.05, 3.63) is 0 Å². The summed E-state index contributed by atoms with van der Waals surface area (Å²) in [6.07, 6.45) is 0. The maximum atomic E-state index is 12.1. The first-order valence-electron chi connectivity index (χ1n) is 6.56. The summed E-state index contributed by atoms with van der Waals surface area (Å²) in [5.41, 5.74) is -1.36. The number of alkyl halides is 2. The Kier molecular flexibility index (Phi) is 3.71. The van der Waals surface area contributed by atoms with Crippen LogP contribution in [0.4, 0.5) is 0 Å². The van der Waals surface area contributed by atoms with Crippen LogP contribution in [0.15, 0.2) is 0 Å². The molecule has 4 nitrogen and oxygen atoms in total. The highest BCUT2D eigenvalue weighted by atomic mass is 35.5. The number of rotatable bonds is 2. The van der Waals surface area contributed by atoms with Crippen molar-refractivity contribution in [2.24, 2.45) is 22.7 Å². The molecule has 0 spiro atoms. The molecule has 0 aromatic carbocycles. The number of ketones is 2. The van der Waals surface area contributed by atoms with Crippen LogP contribution in [0, 0.1) is 22.7 Å². The van der Waals surface area contributed by atoms with Gasteiger partial charge in [-0.05, 0) is 20.8 Å². The number of ether oxygens (including phenoxy) is 1. The highest BCUT2D eigenvalue weighted by Gasteiger charge is 2.72. The molecule has 20 heavy (non-hydrogen) atoms. The van der Waals surface area contributed by atoms with E-state index in [1.54, 1.807) is 27.7 Å². The van der Waals surface area contributed by atoms with Crippen molar-refractivity contribution < 1.29 is 19.1 Å². The fourth-order valence-electron chi connectivity index (χ4n) is 2.98. The standard InChI is InChI=1S/C14H18Cl2O4/c1-13(2,3)12(19)20-5-6-9(17)10(18)7-8(15)11(16)14(6,7)4/h6-8,11H,5H2,1-4H3/t6-,7-,8-,11+,14+/m0/s1. The summed E-state index contributed by atoms with van der Waals surface area (Å²) in [6.45, 7) is 6.84. The Morgan fingerprint density at radius 3 is 2.30 bits per heavy atom. The van der Waals surface area contributed by atoms with E-state index in [-0.39, 0.29) is 6.61 Å². The maximum absolute atomic E-state index is 12.1. The number of halogens is 2. The second-order valence-electron chi connectivity index (χ2n) is 6.82. The Balaban J connectivity index is 2.14. The molecular formula is C14H18Cl2O4. The van der Waals surface area contributed by atoms with Gasteiger partial charge in [0.2, 0.25) is 11.6 Å². The zero-order valence-corrected chi connectivity index (χ0v) is 13.4. The van der Waals surface area contributed by atoms with E-state index in [1.807, 2.05) is 0 Å². The monoisotopic (exact) mass is 320 g/mol. The molecule has 0 heterocycles. The molecule has 0 radical (unpaired) electrons. The van der Waals surface area contributed by atoms with Crippen LogP contribution in [0.25, 0.3) is 0 Å². The number of fused-ring (bicyclic) bond motifs is 1. The first-order chi connectivity index (χ1) is 9.02. The number of Topliss-reactive ketones (excluding diaryl/α,β-unsaturated/α-hetero) is 2. The smallest absolute Gasteiger partial charge is 0.311 e. The molecule has 112 valence electrons. The lowest BCUT2D eigenvalue weighted by molar-refractivity contribution is -0.157. The van der Waals surface area contributed by atoms with E-state index in [0.717, 1.165) is 0 Å². The number of esters is 1. The van der Waals surface area contributed by atoms with E-state index in [4.69, 9.17) is 27.9 Å². The quantitative estimate of drug-likeness (QED) is 0.444. The fourth-order valence-corrected chi connectivity index (χ4v) is 4.07. The van der Waals surface area contributed by atoms with Crippen molar-refractivity contribution in [3.8, 4) is 0 Å². The Morgan fingerprint density at radius 2 is 1.80 bits per heavy atom. The van der Waals surface area contributed by atoms with Crippen LogP contribution in [0.3, 0.4) is 0 Å². The molecule has 0 saturated heterocycles. The van der Waals surface area contributed by atoms with Gasteiger partial charge in [0, 0.05) is 5.41 Å². The summed E-state index contributed by atoms with van der Waals surface area (Å²) in [5, 5.41) is -0.996. The Morgan fingerprint density at radius 1 is 1.25 bits per heavy atom. The van der Waals surface area contributed by atoms with E-state index in [1.165, 1.54) is 0 Å². The third kappa shape index (κ3) is 2.00.